The molecule has 3 saturated carbocycles. The molecule has 3 aliphatic carbocycles. The molecule has 0 aromatic heterocycles. The van der Waals surface area contributed by atoms with Crippen LogP contribution in [0.5, 0.6) is 0 Å². The molecule has 0 heterocycles. The molecule has 0 nitrogen and oxygen atoms in total. The van der Waals surface area contributed by atoms with Crippen molar-refractivity contribution in [2.45, 2.75) is 112 Å². The van der Waals surface area contributed by atoms with Crippen LogP contribution in [0.2, 0.25) is 0 Å². The maximum atomic E-state index is 2.51. The van der Waals surface area contributed by atoms with Crippen LogP contribution in [-0.2, 0) is 0 Å². The standard InChI is InChI=1S/C20H36S2/c1-15-13-19(21-17-9-5-3-6-10-17)20(14-16(15)2)22-18-11-7-4-8-12-18/h15-20H,3-14H2,1-2H3. The minimum absolute atomic E-state index is 0.948. The Labute approximate surface area is 147 Å². The highest BCUT2D eigenvalue weighted by Gasteiger charge is 2.36. The van der Waals surface area contributed by atoms with E-state index in [0.29, 0.717) is 0 Å². The van der Waals surface area contributed by atoms with E-state index in [1.54, 1.807) is 0 Å². The molecule has 4 unspecified atom stereocenters. The minimum atomic E-state index is 0.948. The van der Waals surface area contributed by atoms with Gasteiger partial charge in [0, 0.05) is 21.0 Å². The normalized spacial score (nSPS) is 39.0. The zero-order valence-corrected chi connectivity index (χ0v) is 16.4. The van der Waals surface area contributed by atoms with Gasteiger partial charge < -0.3 is 0 Å². The highest BCUT2D eigenvalue weighted by atomic mass is 32.2. The predicted molar refractivity (Wildman–Crippen MR) is 104 cm³/mol. The molecule has 0 aromatic rings. The van der Waals surface area contributed by atoms with Crippen molar-refractivity contribution in [2.24, 2.45) is 11.8 Å². The lowest BCUT2D eigenvalue weighted by Gasteiger charge is -2.42. The topological polar surface area (TPSA) is 0 Å². The quantitative estimate of drug-likeness (QED) is 0.544. The van der Waals surface area contributed by atoms with Gasteiger partial charge in [-0.3, -0.25) is 0 Å². The molecule has 0 radical (unpaired) electrons. The Morgan fingerprint density at radius 3 is 1.27 bits per heavy atom. The molecule has 4 atom stereocenters. The van der Waals surface area contributed by atoms with Crippen LogP contribution in [0.1, 0.15) is 90.9 Å². The summed E-state index contributed by atoms with van der Waals surface area (Å²) in [6, 6.07) is 0. The smallest absolute Gasteiger partial charge is 0.0172 e. The third kappa shape index (κ3) is 4.85. The zero-order valence-electron chi connectivity index (χ0n) is 14.8. The van der Waals surface area contributed by atoms with Crippen molar-refractivity contribution in [1.29, 1.82) is 0 Å². The van der Waals surface area contributed by atoms with Crippen molar-refractivity contribution in [3.63, 3.8) is 0 Å². The molecule has 0 saturated heterocycles. The van der Waals surface area contributed by atoms with E-state index in [0.717, 1.165) is 32.8 Å². The second-order valence-corrected chi connectivity index (χ2v) is 11.4. The molecular formula is C20H36S2. The van der Waals surface area contributed by atoms with Crippen molar-refractivity contribution in [3.05, 3.63) is 0 Å². The predicted octanol–water partition coefficient (Wildman–Crippen LogP) is 6.92. The Morgan fingerprint density at radius 1 is 0.545 bits per heavy atom. The first kappa shape index (κ1) is 17.5. The Kier molecular flexibility index (Phi) is 6.93. The van der Waals surface area contributed by atoms with E-state index in [-0.39, 0.29) is 0 Å². The van der Waals surface area contributed by atoms with Crippen molar-refractivity contribution < 1.29 is 0 Å². The van der Waals surface area contributed by atoms with Crippen LogP contribution in [0.4, 0.5) is 0 Å². The maximum Gasteiger partial charge on any atom is 0.0172 e. The van der Waals surface area contributed by atoms with Gasteiger partial charge in [0.15, 0.2) is 0 Å². The molecule has 0 aromatic carbocycles. The molecule has 3 rings (SSSR count). The Morgan fingerprint density at radius 2 is 0.909 bits per heavy atom. The number of hydrogen-bond donors (Lipinski definition) is 0. The monoisotopic (exact) mass is 340 g/mol. The Balaban J connectivity index is 1.57. The van der Waals surface area contributed by atoms with Gasteiger partial charge in [-0.05, 0) is 50.4 Å². The summed E-state index contributed by atoms with van der Waals surface area (Å²) in [5.41, 5.74) is 0. The summed E-state index contributed by atoms with van der Waals surface area (Å²) in [5.74, 6) is 1.90. The van der Waals surface area contributed by atoms with E-state index in [1.807, 2.05) is 0 Å². The van der Waals surface area contributed by atoms with Gasteiger partial charge in [0.1, 0.15) is 0 Å². The average Bonchev–Trinajstić information content (AvgIpc) is 2.54. The second-order valence-electron chi connectivity index (χ2n) is 8.30. The van der Waals surface area contributed by atoms with Crippen LogP contribution in [0.3, 0.4) is 0 Å². The van der Waals surface area contributed by atoms with Crippen LogP contribution in [-0.4, -0.2) is 21.0 Å². The van der Waals surface area contributed by atoms with Crippen LogP contribution in [0, 0.1) is 11.8 Å². The molecule has 0 spiro atoms. The third-order valence-electron chi connectivity index (χ3n) is 6.43. The molecule has 22 heavy (non-hydrogen) atoms. The molecule has 2 heteroatoms. The van der Waals surface area contributed by atoms with E-state index < -0.39 is 0 Å². The van der Waals surface area contributed by atoms with Gasteiger partial charge >= 0.3 is 0 Å². The van der Waals surface area contributed by atoms with Crippen LogP contribution in [0.25, 0.3) is 0 Å². The van der Waals surface area contributed by atoms with Crippen molar-refractivity contribution in [3.8, 4) is 0 Å². The SMILES string of the molecule is CC1CC(SC2CCCCC2)C(SC2CCCCC2)CC1C. The Bertz CT molecular complexity index is 286. The molecule has 0 amide bonds. The minimum Gasteiger partial charge on any atom is -0.154 e. The van der Waals surface area contributed by atoms with Gasteiger partial charge in [-0.25, -0.2) is 0 Å². The van der Waals surface area contributed by atoms with Crippen molar-refractivity contribution in [1.82, 2.24) is 0 Å². The fourth-order valence-corrected chi connectivity index (χ4v) is 8.67. The number of thioether (sulfide) groups is 2. The average molecular weight is 341 g/mol. The highest BCUT2D eigenvalue weighted by molar-refractivity contribution is 8.04. The van der Waals surface area contributed by atoms with Crippen LogP contribution >= 0.6 is 23.5 Å². The van der Waals surface area contributed by atoms with Gasteiger partial charge in [0.25, 0.3) is 0 Å². The summed E-state index contributed by atoms with van der Waals surface area (Å²) in [4.78, 5) is 0. The fraction of sp³-hybridized carbons (Fsp3) is 1.00. The molecule has 3 aliphatic rings. The van der Waals surface area contributed by atoms with Gasteiger partial charge in [-0.1, -0.05) is 52.4 Å². The largest absolute Gasteiger partial charge is 0.154 e. The lowest BCUT2D eigenvalue weighted by Crippen LogP contribution is -2.36. The summed E-state index contributed by atoms with van der Waals surface area (Å²) in [5, 5.41) is 3.91. The van der Waals surface area contributed by atoms with Crippen LogP contribution in [0.15, 0.2) is 0 Å². The van der Waals surface area contributed by atoms with E-state index in [9.17, 15) is 0 Å². The number of rotatable bonds is 4. The summed E-state index contributed by atoms with van der Waals surface area (Å²) in [6.45, 7) is 5.03. The van der Waals surface area contributed by atoms with Crippen molar-refractivity contribution >= 4 is 23.5 Å². The summed E-state index contributed by atoms with van der Waals surface area (Å²) >= 11 is 4.85. The molecule has 0 N–H and O–H groups in total. The lowest BCUT2D eigenvalue weighted by atomic mass is 9.81. The number of hydrogen-bond acceptors (Lipinski definition) is 2. The fourth-order valence-electron chi connectivity index (χ4n) is 4.68. The summed E-state index contributed by atoms with van der Waals surface area (Å²) in [7, 11) is 0. The molecular weight excluding hydrogens is 304 g/mol. The van der Waals surface area contributed by atoms with E-state index in [4.69, 9.17) is 0 Å². The summed E-state index contributed by atoms with van der Waals surface area (Å²) < 4.78 is 0. The van der Waals surface area contributed by atoms with Gasteiger partial charge in [0.2, 0.25) is 0 Å². The van der Waals surface area contributed by atoms with Crippen molar-refractivity contribution in [2.75, 3.05) is 0 Å². The first-order valence-corrected chi connectivity index (χ1v) is 11.9. The first-order chi connectivity index (χ1) is 10.7. The van der Waals surface area contributed by atoms with Gasteiger partial charge in [-0.2, -0.15) is 23.5 Å². The van der Waals surface area contributed by atoms with E-state index >= 15 is 0 Å². The molecule has 0 bridgehead atoms. The van der Waals surface area contributed by atoms with E-state index in [2.05, 4.69) is 37.4 Å². The molecule has 128 valence electrons. The molecule has 3 fully saturated rings. The lowest BCUT2D eigenvalue weighted by molar-refractivity contribution is 0.288. The van der Waals surface area contributed by atoms with E-state index in [1.165, 1.54) is 77.0 Å². The van der Waals surface area contributed by atoms with Gasteiger partial charge in [0.05, 0.1) is 0 Å². The van der Waals surface area contributed by atoms with Crippen LogP contribution < -0.4 is 0 Å². The highest BCUT2D eigenvalue weighted by Crippen LogP contribution is 2.47. The second kappa shape index (κ2) is 8.70. The maximum absolute atomic E-state index is 2.51. The molecule has 0 aliphatic heterocycles. The third-order valence-corrected chi connectivity index (χ3v) is 10.1. The first-order valence-electron chi connectivity index (χ1n) is 10.0. The zero-order chi connectivity index (χ0) is 15.4. The summed E-state index contributed by atoms with van der Waals surface area (Å²) in [6.07, 6.45) is 18.0. The Hall–Kier alpha value is 0.700. The van der Waals surface area contributed by atoms with Gasteiger partial charge in [-0.15, -0.1) is 0 Å².